The average molecular weight is 412 g/mol. The quantitative estimate of drug-likeness (QED) is 0.459. The lowest BCUT2D eigenvalue weighted by Crippen LogP contribution is -2.25. The predicted octanol–water partition coefficient (Wildman–Crippen LogP) is 5.83. The maximum Gasteiger partial charge on any atom is 0.249 e. The zero-order valence-electron chi connectivity index (χ0n) is 15.4. The molecule has 0 spiro atoms. The molecule has 0 aliphatic heterocycles. The van der Waals surface area contributed by atoms with E-state index in [2.05, 4.69) is 10.4 Å². The molecule has 146 valence electrons. The van der Waals surface area contributed by atoms with E-state index in [9.17, 15) is 13.6 Å². The summed E-state index contributed by atoms with van der Waals surface area (Å²) in [6.07, 6.45) is 0. The van der Waals surface area contributed by atoms with Crippen molar-refractivity contribution in [3.05, 3.63) is 83.4 Å². The molecule has 0 saturated heterocycles. The van der Waals surface area contributed by atoms with E-state index >= 15 is 0 Å². The molecule has 1 N–H and O–H groups in total. The second-order valence-electron chi connectivity index (χ2n) is 6.61. The monoisotopic (exact) mass is 411 g/mol. The minimum atomic E-state index is -0.779. The fourth-order valence-corrected chi connectivity index (χ4v) is 3.33. The van der Waals surface area contributed by atoms with E-state index in [4.69, 9.17) is 11.6 Å². The van der Waals surface area contributed by atoms with Crippen molar-refractivity contribution in [3.63, 3.8) is 0 Å². The fourth-order valence-electron chi connectivity index (χ4n) is 3.16. The van der Waals surface area contributed by atoms with Gasteiger partial charge in [-0.2, -0.15) is 5.10 Å². The summed E-state index contributed by atoms with van der Waals surface area (Å²) >= 11 is 6.18. The SMILES string of the molecule is C[C@@H](C(=O)Nc1cc(F)ccc1F)n1nc(-c2ccccc2)c2cc(Cl)ccc21. The first kappa shape index (κ1) is 19.1. The Balaban J connectivity index is 1.75. The number of benzene rings is 3. The van der Waals surface area contributed by atoms with Crippen LogP contribution in [0.25, 0.3) is 22.2 Å². The van der Waals surface area contributed by atoms with Crippen molar-refractivity contribution >= 4 is 34.1 Å². The second-order valence-corrected chi connectivity index (χ2v) is 7.05. The van der Waals surface area contributed by atoms with E-state index in [1.165, 1.54) is 0 Å². The van der Waals surface area contributed by atoms with Crippen LogP contribution in [0.4, 0.5) is 14.5 Å². The average Bonchev–Trinajstić information content (AvgIpc) is 3.09. The van der Waals surface area contributed by atoms with Crippen molar-refractivity contribution in [2.24, 2.45) is 0 Å². The van der Waals surface area contributed by atoms with Crippen molar-refractivity contribution < 1.29 is 13.6 Å². The Hall–Kier alpha value is -3.25. The zero-order valence-corrected chi connectivity index (χ0v) is 16.1. The van der Waals surface area contributed by atoms with Gasteiger partial charge in [0.15, 0.2) is 0 Å². The molecule has 1 aromatic heterocycles. The number of fused-ring (bicyclic) bond motifs is 1. The van der Waals surface area contributed by atoms with Gasteiger partial charge in [0.1, 0.15) is 23.4 Å². The van der Waals surface area contributed by atoms with Crippen LogP contribution in [0.2, 0.25) is 5.02 Å². The molecule has 1 amide bonds. The molecule has 4 aromatic rings. The minimum absolute atomic E-state index is 0.218. The molecule has 0 radical (unpaired) electrons. The summed E-state index contributed by atoms with van der Waals surface area (Å²) in [6, 6.07) is 16.9. The highest BCUT2D eigenvalue weighted by atomic mass is 35.5. The number of hydrogen-bond donors (Lipinski definition) is 1. The first-order chi connectivity index (χ1) is 13.9. The number of hydrogen-bond acceptors (Lipinski definition) is 2. The highest BCUT2D eigenvalue weighted by molar-refractivity contribution is 6.31. The van der Waals surface area contributed by atoms with Crippen molar-refractivity contribution in [2.45, 2.75) is 13.0 Å². The molecule has 4 nitrogen and oxygen atoms in total. The summed E-state index contributed by atoms with van der Waals surface area (Å²) in [4.78, 5) is 12.7. The van der Waals surface area contributed by atoms with Gasteiger partial charge in [-0.1, -0.05) is 41.9 Å². The summed E-state index contributed by atoms with van der Waals surface area (Å²) in [7, 11) is 0. The first-order valence-corrected chi connectivity index (χ1v) is 9.31. The predicted molar refractivity (Wildman–Crippen MR) is 110 cm³/mol. The van der Waals surface area contributed by atoms with Gasteiger partial charge in [-0.15, -0.1) is 0 Å². The van der Waals surface area contributed by atoms with Crippen LogP contribution in [0.15, 0.2) is 66.7 Å². The summed E-state index contributed by atoms with van der Waals surface area (Å²) in [6.45, 7) is 1.64. The van der Waals surface area contributed by atoms with Gasteiger partial charge in [-0.25, -0.2) is 8.78 Å². The number of amides is 1. The Morgan fingerprint density at radius 3 is 2.59 bits per heavy atom. The molecule has 0 aliphatic carbocycles. The van der Waals surface area contributed by atoms with Crippen LogP contribution in [-0.4, -0.2) is 15.7 Å². The smallest absolute Gasteiger partial charge is 0.249 e. The number of carbonyl (C=O) groups excluding carboxylic acids is 1. The first-order valence-electron chi connectivity index (χ1n) is 8.93. The Labute approximate surface area is 170 Å². The number of aromatic nitrogens is 2. The van der Waals surface area contributed by atoms with Gasteiger partial charge < -0.3 is 5.32 Å². The summed E-state index contributed by atoms with van der Waals surface area (Å²) < 4.78 is 28.9. The summed E-state index contributed by atoms with van der Waals surface area (Å²) in [5, 5.41) is 8.41. The molecule has 0 fully saturated rings. The fraction of sp³-hybridized carbons (Fsp3) is 0.0909. The van der Waals surface area contributed by atoms with Gasteiger partial charge in [0.2, 0.25) is 5.91 Å². The molecule has 0 unspecified atom stereocenters. The molecular formula is C22H16ClF2N3O. The third-order valence-corrected chi connectivity index (χ3v) is 4.88. The van der Waals surface area contributed by atoms with Crippen LogP contribution < -0.4 is 5.32 Å². The molecule has 3 aromatic carbocycles. The molecule has 4 rings (SSSR count). The standard InChI is InChI=1S/C22H16ClF2N3O/c1-13(22(29)26-19-12-16(24)8-9-18(19)25)28-20-10-7-15(23)11-17(20)21(27-28)14-5-3-2-4-6-14/h2-13H,1H3,(H,26,29)/t13-/m0/s1. The maximum absolute atomic E-state index is 13.9. The molecule has 1 atom stereocenters. The number of anilines is 1. The van der Waals surface area contributed by atoms with Crippen molar-refractivity contribution in [1.29, 1.82) is 0 Å². The third kappa shape index (κ3) is 3.71. The van der Waals surface area contributed by atoms with E-state index in [1.54, 1.807) is 29.8 Å². The normalized spacial score (nSPS) is 12.1. The summed E-state index contributed by atoms with van der Waals surface area (Å²) in [5.74, 6) is -1.87. The largest absolute Gasteiger partial charge is 0.322 e. The zero-order chi connectivity index (χ0) is 20.5. The van der Waals surface area contributed by atoms with E-state index in [0.717, 1.165) is 29.1 Å². The van der Waals surface area contributed by atoms with Crippen LogP contribution in [0, 0.1) is 11.6 Å². The molecular weight excluding hydrogens is 396 g/mol. The van der Waals surface area contributed by atoms with E-state index in [1.807, 2.05) is 30.3 Å². The molecule has 29 heavy (non-hydrogen) atoms. The molecule has 7 heteroatoms. The lowest BCUT2D eigenvalue weighted by Gasteiger charge is -2.14. The molecule has 1 heterocycles. The number of carbonyl (C=O) groups is 1. The Morgan fingerprint density at radius 2 is 1.83 bits per heavy atom. The van der Waals surface area contributed by atoms with Crippen molar-refractivity contribution in [2.75, 3.05) is 5.32 Å². The van der Waals surface area contributed by atoms with E-state index in [0.29, 0.717) is 16.2 Å². The van der Waals surface area contributed by atoms with Gasteiger partial charge in [0, 0.05) is 22.0 Å². The van der Waals surface area contributed by atoms with Crippen LogP contribution >= 0.6 is 11.6 Å². The number of rotatable bonds is 4. The maximum atomic E-state index is 13.9. The van der Waals surface area contributed by atoms with Crippen LogP contribution in [0.1, 0.15) is 13.0 Å². The van der Waals surface area contributed by atoms with Crippen LogP contribution in [-0.2, 0) is 4.79 Å². The minimum Gasteiger partial charge on any atom is -0.322 e. The molecule has 0 saturated carbocycles. The lowest BCUT2D eigenvalue weighted by molar-refractivity contribution is -0.119. The lowest BCUT2D eigenvalue weighted by atomic mass is 10.1. The Morgan fingerprint density at radius 1 is 1.07 bits per heavy atom. The number of nitrogens with one attached hydrogen (secondary N) is 1. The van der Waals surface area contributed by atoms with E-state index < -0.39 is 23.6 Å². The van der Waals surface area contributed by atoms with Gasteiger partial charge in [-0.05, 0) is 37.3 Å². The second kappa shape index (κ2) is 7.64. The Bertz CT molecular complexity index is 1210. The van der Waals surface area contributed by atoms with Gasteiger partial charge in [0.25, 0.3) is 0 Å². The summed E-state index contributed by atoms with van der Waals surface area (Å²) in [5.41, 5.74) is 2.04. The van der Waals surface area contributed by atoms with Crippen LogP contribution in [0.3, 0.4) is 0 Å². The molecule has 0 bridgehead atoms. The van der Waals surface area contributed by atoms with Gasteiger partial charge in [-0.3, -0.25) is 9.48 Å². The topological polar surface area (TPSA) is 46.9 Å². The number of halogens is 3. The van der Waals surface area contributed by atoms with Crippen molar-refractivity contribution in [3.8, 4) is 11.3 Å². The van der Waals surface area contributed by atoms with Gasteiger partial charge in [0.05, 0.1) is 11.2 Å². The highest BCUT2D eigenvalue weighted by Gasteiger charge is 2.22. The molecule has 0 aliphatic rings. The number of nitrogens with zero attached hydrogens (tertiary/aromatic N) is 2. The van der Waals surface area contributed by atoms with E-state index in [-0.39, 0.29) is 5.69 Å². The highest BCUT2D eigenvalue weighted by Crippen LogP contribution is 2.32. The Kier molecular flexibility index (Phi) is 5.03. The van der Waals surface area contributed by atoms with Crippen LogP contribution in [0.5, 0.6) is 0 Å². The third-order valence-electron chi connectivity index (χ3n) is 4.65. The van der Waals surface area contributed by atoms with Crippen molar-refractivity contribution in [1.82, 2.24) is 9.78 Å². The van der Waals surface area contributed by atoms with Gasteiger partial charge >= 0.3 is 0 Å².